The standard InChI is InChI=1S/C11H22N2O3/c1-8(2)6-9(7-12-15)13-10(14)16-11(3,4)5/h8-9H,6-7H2,1-5H3,(H,13,14). The van der Waals surface area contributed by atoms with Crippen LogP contribution in [0.3, 0.4) is 0 Å². The minimum Gasteiger partial charge on any atom is -0.444 e. The van der Waals surface area contributed by atoms with Gasteiger partial charge < -0.3 is 10.1 Å². The number of alkyl carbamates (subject to hydrolysis) is 1. The highest BCUT2D eigenvalue weighted by Gasteiger charge is 2.20. The molecule has 0 radical (unpaired) electrons. The molecule has 0 saturated carbocycles. The van der Waals surface area contributed by atoms with Crippen LogP contribution in [0, 0.1) is 10.8 Å². The molecule has 0 rings (SSSR count). The lowest BCUT2D eigenvalue weighted by molar-refractivity contribution is 0.0501. The second-order valence-corrected chi connectivity index (χ2v) is 5.28. The van der Waals surface area contributed by atoms with Crippen molar-refractivity contribution >= 4 is 6.09 Å². The summed E-state index contributed by atoms with van der Waals surface area (Å²) in [5, 5.41) is 5.47. The van der Waals surface area contributed by atoms with Crippen molar-refractivity contribution in [2.45, 2.75) is 52.7 Å². The fourth-order valence-electron chi connectivity index (χ4n) is 1.31. The molecular formula is C11H22N2O3. The van der Waals surface area contributed by atoms with E-state index in [1.165, 1.54) is 0 Å². The molecule has 0 aromatic heterocycles. The van der Waals surface area contributed by atoms with Gasteiger partial charge in [-0.25, -0.2) is 4.79 Å². The van der Waals surface area contributed by atoms with E-state index in [0.29, 0.717) is 12.3 Å². The van der Waals surface area contributed by atoms with Crippen molar-refractivity contribution in [3.63, 3.8) is 0 Å². The quantitative estimate of drug-likeness (QED) is 0.738. The smallest absolute Gasteiger partial charge is 0.407 e. The van der Waals surface area contributed by atoms with Gasteiger partial charge in [-0.2, -0.15) is 4.91 Å². The maximum Gasteiger partial charge on any atom is 0.407 e. The predicted octanol–water partition coefficient (Wildman–Crippen LogP) is 2.69. The number of carbonyl (C=O) groups excluding carboxylic acids is 1. The Morgan fingerprint density at radius 2 is 1.94 bits per heavy atom. The highest BCUT2D eigenvalue weighted by Crippen LogP contribution is 2.09. The van der Waals surface area contributed by atoms with Crippen molar-refractivity contribution in [2.24, 2.45) is 11.1 Å². The Morgan fingerprint density at radius 1 is 1.38 bits per heavy atom. The van der Waals surface area contributed by atoms with Crippen LogP contribution in [0.25, 0.3) is 0 Å². The van der Waals surface area contributed by atoms with E-state index in [0.717, 1.165) is 0 Å². The molecule has 1 atom stereocenters. The summed E-state index contributed by atoms with van der Waals surface area (Å²) in [5.41, 5.74) is -0.527. The van der Waals surface area contributed by atoms with Gasteiger partial charge in [-0.3, -0.25) is 0 Å². The molecule has 0 aliphatic rings. The van der Waals surface area contributed by atoms with E-state index in [1.54, 1.807) is 20.8 Å². The summed E-state index contributed by atoms with van der Waals surface area (Å²) < 4.78 is 5.10. The van der Waals surface area contributed by atoms with Crippen LogP contribution in [-0.4, -0.2) is 24.3 Å². The van der Waals surface area contributed by atoms with Gasteiger partial charge >= 0.3 is 6.09 Å². The number of hydrogen-bond donors (Lipinski definition) is 1. The highest BCUT2D eigenvalue weighted by molar-refractivity contribution is 5.68. The molecule has 5 heteroatoms. The van der Waals surface area contributed by atoms with Crippen molar-refractivity contribution in [2.75, 3.05) is 6.54 Å². The minimum absolute atomic E-state index is 0.0808. The van der Waals surface area contributed by atoms with E-state index in [9.17, 15) is 9.70 Å². The molecule has 0 heterocycles. The van der Waals surface area contributed by atoms with E-state index < -0.39 is 11.7 Å². The number of nitrogens with one attached hydrogen (secondary N) is 1. The lowest BCUT2D eigenvalue weighted by Crippen LogP contribution is -2.41. The molecule has 0 fully saturated rings. The SMILES string of the molecule is CC(C)CC(CN=O)NC(=O)OC(C)(C)C. The topological polar surface area (TPSA) is 67.8 Å². The molecule has 16 heavy (non-hydrogen) atoms. The third-order valence-corrected chi connectivity index (χ3v) is 1.77. The molecule has 1 amide bonds. The Kier molecular flexibility index (Phi) is 6.00. The van der Waals surface area contributed by atoms with Crippen LogP contribution in [0.4, 0.5) is 4.79 Å². The van der Waals surface area contributed by atoms with Gasteiger partial charge in [-0.15, -0.1) is 0 Å². The van der Waals surface area contributed by atoms with Crippen molar-refractivity contribution in [1.29, 1.82) is 0 Å². The van der Waals surface area contributed by atoms with Crippen molar-refractivity contribution in [1.82, 2.24) is 5.32 Å². The fraction of sp³-hybridized carbons (Fsp3) is 0.909. The Morgan fingerprint density at radius 3 is 2.31 bits per heavy atom. The lowest BCUT2D eigenvalue weighted by Gasteiger charge is -2.23. The zero-order valence-corrected chi connectivity index (χ0v) is 10.7. The van der Waals surface area contributed by atoms with E-state index >= 15 is 0 Å². The number of carbonyl (C=O) groups is 1. The Hall–Kier alpha value is -1.13. The van der Waals surface area contributed by atoms with Crippen molar-refractivity contribution in [3.05, 3.63) is 4.91 Å². The third-order valence-electron chi connectivity index (χ3n) is 1.77. The molecule has 0 aliphatic heterocycles. The maximum absolute atomic E-state index is 11.4. The van der Waals surface area contributed by atoms with Crippen LogP contribution >= 0.6 is 0 Å². The first-order chi connectivity index (χ1) is 7.24. The van der Waals surface area contributed by atoms with E-state index in [4.69, 9.17) is 4.74 Å². The van der Waals surface area contributed by atoms with Crippen LogP contribution in [0.15, 0.2) is 5.18 Å². The van der Waals surface area contributed by atoms with Gasteiger partial charge in [0.05, 0.1) is 6.04 Å². The number of hydrogen-bond acceptors (Lipinski definition) is 4. The highest BCUT2D eigenvalue weighted by atomic mass is 16.6. The van der Waals surface area contributed by atoms with Crippen molar-refractivity contribution in [3.8, 4) is 0 Å². The zero-order valence-electron chi connectivity index (χ0n) is 10.7. The number of rotatable bonds is 5. The molecule has 5 nitrogen and oxygen atoms in total. The molecule has 0 aromatic carbocycles. The van der Waals surface area contributed by atoms with Crippen LogP contribution < -0.4 is 5.32 Å². The summed E-state index contributed by atoms with van der Waals surface area (Å²) in [6.07, 6.45) is 0.215. The number of amides is 1. The summed E-state index contributed by atoms with van der Waals surface area (Å²) in [6, 6.07) is -0.243. The predicted molar refractivity (Wildman–Crippen MR) is 63.3 cm³/mol. The summed E-state index contributed by atoms with van der Waals surface area (Å²) in [4.78, 5) is 21.7. The van der Waals surface area contributed by atoms with Gasteiger partial charge in [-0.05, 0) is 33.1 Å². The Labute approximate surface area is 96.9 Å². The van der Waals surface area contributed by atoms with Gasteiger partial charge in [0.1, 0.15) is 12.1 Å². The van der Waals surface area contributed by atoms with E-state index in [1.807, 2.05) is 13.8 Å². The maximum atomic E-state index is 11.4. The first-order valence-electron chi connectivity index (χ1n) is 5.53. The van der Waals surface area contributed by atoms with E-state index in [2.05, 4.69) is 10.5 Å². The molecule has 0 aliphatic carbocycles. The molecule has 0 aromatic rings. The lowest BCUT2D eigenvalue weighted by atomic mass is 10.0. The Balaban J connectivity index is 4.17. The largest absolute Gasteiger partial charge is 0.444 e. The van der Waals surface area contributed by atoms with Gasteiger partial charge in [0.15, 0.2) is 0 Å². The molecule has 1 N–H and O–H groups in total. The van der Waals surface area contributed by atoms with Gasteiger partial charge in [-0.1, -0.05) is 19.0 Å². The molecule has 0 spiro atoms. The minimum atomic E-state index is -0.527. The first-order valence-corrected chi connectivity index (χ1v) is 5.53. The molecule has 94 valence electrons. The first kappa shape index (κ1) is 14.9. The summed E-state index contributed by atoms with van der Waals surface area (Å²) in [6.45, 7) is 9.51. The number of nitrogens with zero attached hydrogens (tertiary/aromatic N) is 1. The fourth-order valence-corrected chi connectivity index (χ4v) is 1.31. The number of ether oxygens (including phenoxy) is 1. The summed E-state index contributed by atoms with van der Waals surface area (Å²) >= 11 is 0. The average molecular weight is 230 g/mol. The van der Waals surface area contributed by atoms with Crippen LogP contribution in [0.5, 0.6) is 0 Å². The van der Waals surface area contributed by atoms with Gasteiger partial charge in [0.25, 0.3) is 0 Å². The molecule has 0 saturated heterocycles. The molecular weight excluding hydrogens is 208 g/mol. The third kappa shape index (κ3) is 8.20. The summed E-state index contributed by atoms with van der Waals surface area (Å²) in [5.74, 6) is 0.390. The number of nitroso groups, excluding NO2 is 1. The van der Waals surface area contributed by atoms with E-state index in [-0.39, 0.29) is 12.6 Å². The second kappa shape index (κ2) is 6.45. The Bertz CT molecular complexity index is 234. The van der Waals surface area contributed by atoms with Gasteiger partial charge in [0.2, 0.25) is 0 Å². The zero-order chi connectivity index (χ0) is 12.8. The normalized spacial score (nSPS) is 13.4. The average Bonchev–Trinajstić information content (AvgIpc) is 1.98. The van der Waals surface area contributed by atoms with Gasteiger partial charge in [0, 0.05) is 0 Å². The second-order valence-electron chi connectivity index (χ2n) is 5.28. The summed E-state index contributed by atoms with van der Waals surface area (Å²) in [7, 11) is 0. The monoisotopic (exact) mass is 230 g/mol. The molecule has 0 bridgehead atoms. The van der Waals surface area contributed by atoms with Crippen molar-refractivity contribution < 1.29 is 9.53 Å². The van der Waals surface area contributed by atoms with Crippen LogP contribution in [-0.2, 0) is 4.74 Å². The van der Waals surface area contributed by atoms with Crippen LogP contribution in [0.2, 0.25) is 0 Å². The van der Waals surface area contributed by atoms with Crippen LogP contribution in [0.1, 0.15) is 41.0 Å². The molecule has 1 unspecified atom stereocenters.